The molecule has 0 unspecified atom stereocenters. The van der Waals surface area contributed by atoms with Gasteiger partial charge in [-0.25, -0.2) is 4.79 Å². The van der Waals surface area contributed by atoms with Gasteiger partial charge in [-0.15, -0.1) is 0 Å². The molecular formula is C21H24O4. The van der Waals surface area contributed by atoms with Crippen molar-refractivity contribution < 1.29 is 19.4 Å². The number of carbonyl (C=O) groups is 1. The van der Waals surface area contributed by atoms with Crippen LogP contribution in [0.25, 0.3) is 0 Å². The molecule has 3 aliphatic rings. The van der Waals surface area contributed by atoms with Crippen LogP contribution in [0.15, 0.2) is 35.9 Å². The summed E-state index contributed by atoms with van der Waals surface area (Å²) in [5.41, 5.74) is 3.21. The van der Waals surface area contributed by atoms with Crippen molar-refractivity contribution >= 4 is 5.97 Å². The highest BCUT2D eigenvalue weighted by Gasteiger charge is 2.64. The third-order valence-electron chi connectivity index (χ3n) is 5.75. The zero-order valence-electron chi connectivity index (χ0n) is 14.8. The van der Waals surface area contributed by atoms with E-state index in [-0.39, 0.29) is 23.7 Å². The number of rotatable bonds is 1. The molecule has 1 aromatic rings. The number of phenols is 1. The molecule has 132 valence electrons. The Labute approximate surface area is 148 Å². The van der Waals surface area contributed by atoms with Crippen molar-refractivity contribution in [1.82, 2.24) is 0 Å². The number of carbonyl (C=O) groups excluding carboxylic acids is 1. The van der Waals surface area contributed by atoms with Gasteiger partial charge in [-0.3, -0.25) is 0 Å². The number of hydrogen-bond donors (Lipinski definition) is 1. The van der Waals surface area contributed by atoms with E-state index in [1.165, 1.54) is 5.57 Å². The zero-order chi connectivity index (χ0) is 17.8. The number of ether oxygens (including phenoxy) is 2. The Balaban J connectivity index is 1.88. The van der Waals surface area contributed by atoms with E-state index in [0.717, 1.165) is 36.0 Å². The summed E-state index contributed by atoms with van der Waals surface area (Å²) >= 11 is 0. The van der Waals surface area contributed by atoms with Crippen LogP contribution in [0, 0.1) is 0 Å². The van der Waals surface area contributed by atoms with Crippen molar-refractivity contribution in [2.75, 3.05) is 0 Å². The summed E-state index contributed by atoms with van der Waals surface area (Å²) in [6.07, 6.45) is 5.93. The van der Waals surface area contributed by atoms with Crippen molar-refractivity contribution in [2.24, 2.45) is 0 Å². The fraction of sp³-hybridized carbons (Fsp3) is 0.476. The van der Waals surface area contributed by atoms with Gasteiger partial charge in [-0.1, -0.05) is 23.8 Å². The Morgan fingerprint density at radius 3 is 2.96 bits per heavy atom. The van der Waals surface area contributed by atoms with Gasteiger partial charge in [0.1, 0.15) is 17.6 Å². The fourth-order valence-corrected chi connectivity index (χ4v) is 4.21. The molecule has 3 atom stereocenters. The topological polar surface area (TPSA) is 59.1 Å². The van der Waals surface area contributed by atoms with Gasteiger partial charge in [0.25, 0.3) is 0 Å². The molecule has 2 bridgehead atoms. The Kier molecular flexibility index (Phi) is 3.76. The van der Waals surface area contributed by atoms with Crippen LogP contribution in [-0.2, 0) is 16.0 Å². The second kappa shape index (κ2) is 5.73. The molecule has 4 rings (SSSR count). The summed E-state index contributed by atoms with van der Waals surface area (Å²) in [4.78, 5) is 12.8. The van der Waals surface area contributed by atoms with Gasteiger partial charge in [0.15, 0.2) is 5.60 Å². The molecule has 0 saturated carbocycles. The van der Waals surface area contributed by atoms with Gasteiger partial charge >= 0.3 is 5.97 Å². The van der Waals surface area contributed by atoms with E-state index in [1.54, 1.807) is 12.1 Å². The Hall–Kier alpha value is -2.07. The lowest BCUT2D eigenvalue weighted by molar-refractivity contribution is -0.140. The maximum absolute atomic E-state index is 12.8. The van der Waals surface area contributed by atoms with E-state index in [1.807, 2.05) is 6.92 Å². The molecule has 3 heterocycles. The van der Waals surface area contributed by atoms with Gasteiger partial charge in [-0.2, -0.15) is 0 Å². The number of allylic oxidation sites excluding steroid dienone is 3. The first-order valence-electron chi connectivity index (χ1n) is 8.97. The molecule has 0 aromatic heterocycles. The minimum absolute atomic E-state index is 0.0442. The van der Waals surface area contributed by atoms with Gasteiger partial charge < -0.3 is 14.6 Å². The highest BCUT2D eigenvalue weighted by Crippen LogP contribution is 2.50. The zero-order valence-corrected chi connectivity index (χ0v) is 14.8. The van der Waals surface area contributed by atoms with Gasteiger partial charge in [-0.05, 0) is 51.7 Å². The lowest BCUT2D eigenvalue weighted by atomic mass is 9.85. The smallest absolute Gasteiger partial charge is 0.346 e. The predicted molar refractivity (Wildman–Crippen MR) is 94.8 cm³/mol. The number of aromatic hydroxyl groups is 1. The molecule has 1 N–H and O–H groups in total. The molecule has 0 radical (unpaired) electrons. The van der Waals surface area contributed by atoms with E-state index in [9.17, 15) is 9.90 Å². The van der Waals surface area contributed by atoms with Crippen molar-refractivity contribution in [3.63, 3.8) is 0 Å². The van der Waals surface area contributed by atoms with Gasteiger partial charge in [0.05, 0.1) is 0 Å². The SMILES string of the molecule is C=C(C)[C@@H]1CCC(C)=CCC[C@]23O[C@H]2Cc2cc(O)cc1c2OC3=O. The number of epoxide rings is 1. The first-order chi connectivity index (χ1) is 11.9. The first kappa shape index (κ1) is 16.4. The average Bonchev–Trinajstić information content (AvgIpc) is 3.23. The molecule has 1 saturated heterocycles. The van der Waals surface area contributed by atoms with Crippen molar-refractivity contribution in [3.8, 4) is 11.5 Å². The maximum atomic E-state index is 12.8. The highest BCUT2D eigenvalue weighted by molar-refractivity contribution is 5.87. The van der Waals surface area contributed by atoms with E-state index in [4.69, 9.17) is 9.47 Å². The summed E-state index contributed by atoms with van der Waals surface area (Å²) in [7, 11) is 0. The molecule has 0 aliphatic carbocycles. The largest absolute Gasteiger partial charge is 0.508 e. The number of esters is 1. The second-order valence-corrected chi connectivity index (χ2v) is 7.64. The Bertz CT molecular complexity index is 791. The van der Waals surface area contributed by atoms with Crippen molar-refractivity contribution in [3.05, 3.63) is 47.1 Å². The number of benzene rings is 1. The van der Waals surface area contributed by atoms with Crippen LogP contribution in [0.2, 0.25) is 0 Å². The second-order valence-electron chi connectivity index (χ2n) is 7.64. The van der Waals surface area contributed by atoms with Crippen LogP contribution in [0.1, 0.15) is 56.6 Å². The normalized spacial score (nSPS) is 31.0. The standard InChI is InChI=1S/C21H24O4/c1-12(2)16-7-6-13(3)5-4-8-21-18(25-21)10-14-9-15(22)11-17(16)19(14)24-20(21)23/h5,9,11,16,18,22H,1,4,6-8,10H2,2-3H3/t16-,18-,21-/m0/s1. The molecule has 3 aliphatic heterocycles. The molecule has 4 nitrogen and oxygen atoms in total. The minimum atomic E-state index is -0.819. The van der Waals surface area contributed by atoms with E-state index in [2.05, 4.69) is 19.6 Å². The summed E-state index contributed by atoms with van der Waals surface area (Å²) in [5, 5.41) is 10.2. The van der Waals surface area contributed by atoms with Crippen LogP contribution in [0.3, 0.4) is 0 Å². The highest BCUT2D eigenvalue weighted by atomic mass is 16.7. The van der Waals surface area contributed by atoms with E-state index in [0.29, 0.717) is 18.6 Å². The third kappa shape index (κ3) is 2.69. The fourth-order valence-electron chi connectivity index (χ4n) is 4.21. The van der Waals surface area contributed by atoms with Crippen LogP contribution >= 0.6 is 0 Å². The first-order valence-corrected chi connectivity index (χ1v) is 8.97. The number of phenolic OH excluding ortho intramolecular Hbond substituents is 1. The molecule has 25 heavy (non-hydrogen) atoms. The van der Waals surface area contributed by atoms with Crippen molar-refractivity contribution in [1.29, 1.82) is 0 Å². The number of hydrogen-bond acceptors (Lipinski definition) is 4. The van der Waals surface area contributed by atoms with Crippen LogP contribution < -0.4 is 4.74 Å². The average molecular weight is 340 g/mol. The van der Waals surface area contributed by atoms with Crippen LogP contribution in [-0.4, -0.2) is 22.8 Å². The summed E-state index contributed by atoms with van der Waals surface area (Å²) < 4.78 is 11.6. The van der Waals surface area contributed by atoms with Gasteiger partial charge in [0, 0.05) is 23.5 Å². The predicted octanol–water partition coefficient (Wildman–Crippen LogP) is 4.17. The monoisotopic (exact) mass is 340 g/mol. The summed E-state index contributed by atoms with van der Waals surface area (Å²) in [5.74, 6) is 0.553. The molecular weight excluding hydrogens is 316 g/mol. The molecule has 1 aromatic carbocycles. The Morgan fingerprint density at radius 2 is 2.20 bits per heavy atom. The Morgan fingerprint density at radius 1 is 1.40 bits per heavy atom. The minimum Gasteiger partial charge on any atom is -0.508 e. The maximum Gasteiger partial charge on any atom is 0.346 e. The third-order valence-corrected chi connectivity index (χ3v) is 5.75. The molecule has 1 spiro atoms. The van der Waals surface area contributed by atoms with E-state index >= 15 is 0 Å². The lowest BCUT2D eigenvalue weighted by Gasteiger charge is -2.23. The quantitative estimate of drug-likeness (QED) is 0.361. The molecule has 4 heteroatoms. The van der Waals surface area contributed by atoms with E-state index < -0.39 is 5.60 Å². The van der Waals surface area contributed by atoms with Crippen LogP contribution in [0.5, 0.6) is 11.5 Å². The van der Waals surface area contributed by atoms with Gasteiger partial charge in [0.2, 0.25) is 0 Å². The molecule has 1 fully saturated rings. The van der Waals surface area contributed by atoms with Crippen molar-refractivity contribution in [2.45, 2.75) is 63.6 Å². The van der Waals surface area contributed by atoms with Crippen LogP contribution in [0.4, 0.5) is 0 Å². The lowest BCUT2D eigenvalue weighted by Crippen LogP contribution is -2.31. The number of fused-ring (bicyclic) bond motifs is 1. The molecule has 0 amide bonds. The summed E-state index contributed by atoms with van der Waals surface area (Å²) in [6.45, 7) is 8.27. The summed E-state index contributed by atoms with van der Waals surface area (Å²) in [6, 6.07) is 3.42.